The molecule has 46 valence electrons. The van der Waals surface area contributed by atoms with Crippen molar-refractivity contribution in [1.29, 1.82) is 0 Å². The minimum Gasteiger partial charge on any atom is -0.313 e. The molecule has 0 amide bonds. The average molecular weight is 113 g/mol. The molecule has 2 heteroatoms. The van der Waals surface area contributed by atoms with Crippen LogP contribution in [0.5, 0.6) is 0 Å². The number of carbonyl (C=O) groups excluding carboxylic acids is 1. The number of nitrogens with one attached hydrogen (secondary N) is 1. The standard InChI is InChI=1S/C6H11NO/c1-5-4-6(8)2-3-7-5/h5,7H,2-4H2,1H3/t5-/m0/s1. The second-order valence-corrected chi connectivity index (χ2v) is 2.35. The Morgan fingerprint density at radius 1 is 1.75 bits per heavy atom. The van der Waals surface area contributed by atoms with Crippen LogP contribution in [-0.2, 0) is 4.79 Å². The monoisotopic (exact) mass is 113 g/mol. The van der Waals surface area contributed by atoms with Gasteiger partial charge in [-0.3, -0.25) is 4.79 Å². The van der Waals surface area contributed by atoms with E-state index in [0.29, 0.717) is 11.8 Å². The van der Waals surface area contributed by atoms with E-state index in [4.69, 9.17) is 0 Å². The molecule has 1 heterocycles. The van der Waals surface area contributed by atoms with Crippen LogP contribution in [0.3, 0.4) is 0 Å². The molecule has 0 saturated carbocycles. The summed E-state index contributed by atoms with van der Waals surface area (Å²) in [6.07, 6.45) is 1.45. The molecule has 0 unspecified atom stereocenters. The molecule has 0 aliphatic carbocycles. The molecule has 1 atom stereocenters. The Hall–Kier alpha value is -0.370. The van der Waals surface area contributed by atoms with Crippen LogP contribution >= 0.6 is 0 Å². The first kappa shape index (κ1) is 5.76. The van der Waals surface area contributed by atoms with Crippen LogP contribution in [0.4, 0.5) is 0 Å². The van der Waals surface area contributed by atoms with Crippen molar-refractivity contribution in [1.82, 2.24) is 5.32 Å². The molecule has 0 aromatic carbocycles. The Morgan fingerprint density at radius 2 is 2.50 bits per heavy atom. The van der Waals surface area contributed by atoms with Gasteiger partial charge in [0, 0.05) is 25.4 Å². The van der Waals surface area contributed by atoms with Crippen molar-refractivity contribution in [3.8, 4) is 0 Å². The summed E-state index contributed by atoms with van der Waals surface area (Å²) >= 11 is 0. The summed E-state index contributed by atoms with van der Waals surface area (Å²) in [6, 6.07) is 0.413. The van der Waals surface area contributed by atoms with E-state index < -0.39 is 0 Å². The van der Waals surface area contributed by atoms with Gasteiger partial charge in [-0.15, -0.1) is 0 Å². The number of Topliss-reactive ketones (excluding diaryl/α,β-unsaturated/α-hetero) is 1. The van der Waals surface area contributed by atoms with Gasteiger partial charge in [0.2, 0.25) is 0 Å². The summed E-state index contributed by atoms with van der Waals surface area (Å²) in [6.45, 7) is 2.91. The van der Waals surface area contributed by atoms with Crippen LogP contribution in [0.25, 0.3) is 0 Å². The molecule has 1 saturated heterocycles. The predicted octanol–water partition coefficient (Wildman–Crippen LogP) is 0.327. The zero-order valence-electron chi connectivity index (χ0n) is 5.11. The van der Waals surface area contributed by atoms with Crippen LogP contribution in [0.1, 0.15) is 19.8 Å². The van der Waals surface area contributed by atoms with E-state index in [-0.39, 0.29) is 0 Å². The highest BCUT2D eigenvalue weighted by molar-refractivity contribution is 5.79. The molecular weight excluding hydrogens is 102 g/mol. The van der Waals surface area contributed by atoms with Gasteiger partial charge in [-0.2, -0.15) is 0 Å². The first-order valence-electron chi connectivity index (χ1n) is 3.04. The summed E-state index contributed by atoms with van der Waals surface area (Å²) in [4.78, 5) is 10.6. The van der Waals surface area contributed by atoms with Crippen LogP contribution in [-0.4, -0.2) is 18.4 Å². The molecule has 0 aromatic heterocycles. The molecule has 1 aliphatic heterocycles. The zero-order valence-corrected chi connectivity index (χ0v) is 5.11. The lowest BCUT2D eigenvalue weighted by Crippen LogP contribution is -2.35. The van der Waals surface area contributed by atoms with Gasteiger partial charge in [0.15, 0.2) is 0 Å². The van der Waals surface area contributed by atoms with E-state index in [2.05, 4.69) is 5.32 Å². The summed E-state index contributed by atoms with van der Waals surface area (Å²) in [5.74, 6) is 0.399. The van der Waals surface area contributed by atoms with E-state index in [1.807, 2.05) is 6.92 Å². The Balaban J connectivity index is 2.34. The van der Waals surface area contributed by atoms with Gasteiger partial charge < -0.3 is 5.32 Å². The van der Waals surface area contributed by atoms with E-state index in [1.54, 1.807) is 0 Å². The maximum Gasteiger partial charge on any atom is 0.135 e. The summed E-state index contributed by atoms with van der Waals surface area (Å²) < 4.78 is 0. The summed E-state index contributed by atoms with van der Waals surface area (Å²) in [5.41, 5.74) is 0. The fraction of sp³-hybridized carbons (Fsp3) is 0.833. The first-order valence-corrected chi connectivity index (χ1v) is 3.04. The molecule has 1 N–H and O–H groups in total. The van der Waals surface area contributed by atoms with Gasteiger partial charge in [-0.25, -0.2) is 0 Å². The maximum atomic E-state index is 10.6. The molecule has 1 aliphatic rings. The van der Waals surface area contributed by atoms with Crippen molar-refractivity contribution < 1.29 is 4.79 Å². The molecule has 2 nitrogen and oxygen atoms in total. The largest absolute Gasteiger partial charge is 0.313 e. The Kier molecular flexibility index (Phi) is 1.63. The molecule has 0 spiro atoms. The van der Waals surface area contributed by atoms with Gasteiger partial charge in [-0.05, 0) is 6.92 Å². The highest BCUT2D eigenvalue weighted by atomic mass is 16.1. The van der Waals surface area contributed by atoms with Crippen molar-refractivity contribution in [2.75, 3.05) is 6.54 Å². The third-order valence-corrected chi connectivity index (χ3v) is 1.43. The number of ketones is 1. The van der Waals surface area contributed by atoms with Crippen LogP contribution in [0.15, 0.2) is 0 Å². The smallest absolute Gasteiger partial charge is 0.135 e. The topological polar surface area (TPSA) is 29.1 Å². The Bertz CT molecular complexity index is 101. The average Bonchev–Trinajstić information content (AvgIpc) is 1.64. The van der Waals surface area contributed by atoms with Crippen molar-refractivity contribution in [3.63, 3.8) is 0 Å². The molecule has 1 rings (SSSR count). The zero-order chi connectivity index (χ0) is 5.98. The van der Waals surface area contributed by atoms with E-state index in [0.717, 1.165) is 19.4 Å². The summed E-state index contributed by atoms with van der Waals surface area (Å²) in [5, 5.41) is 3.19. The fourth-order valence-corrected chi connectivity index (χ4v) is 0.974. The highest BCUT2D eigenvalue weighted by Gasteiger charge is 2.13. The van der Waals surface area contributed by atoms with Crippen LogP contribution in [0, 0.1) is 0 Å². The van der Waals surface area contributed by atoms with Gasteiger partial charge in [0.25, 0.3) is 0 Å². The number of hydrogen-bond donors (Lipinski definition) is 1. The number of rotatable bonds is 0. The third-order valence-electron chi connectivity index (χ3n) is 1.43. The molecule has 1 fully saturated rings. The maximum absolute atomic E-state index is 10.6. The SMILES string of the molecule is C[C@H]1CC(=O)CCN1. The minimum atomic E-state index is 0.399. The number of carbonyl (C=O) groups is 1. The molecular formula is C6H11NO. The second kappa shape index (κ2) is 2.27. The predicted molar refractivity (Wildman–Crippen MR) is 31.7 cm³/mol. The molecule has 0 bridgehead atoms. The van der Waals surface area contributed by atoms with Crippen molar-refractivity contribution in [2.45, 2.75) is 25.8 Å². The number of piperidine rings is 1. The highest BCUT2D eigenvalue weighted by Crippen LogP contribution is 2.00. The minimum absolute atomic E-state index is 0.399. The summed E-state index contributed by atoms with van der Waals surface area (Å²) in [7, 11) is 0. The molecule has 0 radical (unpaired) electrons. The van der Waals surface area contributed by atoms with E-state index in [9.17, 15) is 4.79 Å². The van der Waals surface area contributed by atoms with Gasteiger partial charge >= 0.3 is 0 Å². The second-order valence-electron chi connectivity index (χ2n) is 2.35. The lowest BCUT2D eigenvalue weighted by Gasteiger charge is -2.17. The Labute approximate surface area is 49.3 Å². The fourth-order valence-electron chi connectivity index (χ4n) is 0.974. The van der Waals surface area contributed by atoms with Crippen LogP contribution < -0.4 is 5.32 Å². The normalized spacial score (nSPS) is 30.6. The van der Waals surface area contributed by atoms with Gasteiger partial charge in [-0.1, -0.05) is 0 Å². The molecule has 8 heavy (non-hydrogen) atoms. The van der Waals surface area contributed by atoms with Crippen LogP contribution in [0.2, 0.25) is 0 Å². The van der Waals surface area contributed by atoms with Crippen molar-refractivity contribution in [2.24, 2.45) is 0 Å². The van der Waals surface area contributed by atoms with E-state index >= 15 is 0 Å². The van der Waals surface area contributed by atoms with Crippen molar-refractivity contribution in [3.05, 3.63) is 0 Å². The van der Waals surface area contributed by atoms with Crippen molar-refractivity contribution >= 4 is 5.78 Å². The van der Waals surface area contributed by atoms with Gasteiger partial charge in [0.05, 0.1) is 0 Å². The lowest BCUT2D eigenvalue weighted by atomic mass is 10.1. The molecule has 0 aromatic rings. The quantitative estimate of drug-likeness (QED) is 0.490. The van der Waals surface area contributed by atoms with Gasteiger partial charge in [0.1, 0.15) is 5.78 Å². The third kappa shape index (κ3) is 1.30. The lowest BCUT2D eigenvalue weighted by molar-refractivity contribution is -0.120. The number of hydrogen-bond acceptors (Lipinski definition) is 2. The first-order chi connectivity index (χ1) is 3.79. The Morgan fingerprint density at radius 3 is 2.88 bits per heavy atom. The van der Waals surface area contributed by atoms with E-state index in [1.165, 1.54) is 0 Å².